The lowest BCUT2D eigenvalue weighted by Gasteiger charge is -2.28. The Morgan fingerprint density at radius 1 is 1.06 bits per heavy atom. The Morgan fingerprint density at radius 3 is 2.61 bits per heavy atom. The summed E-state index contributed by atoms with van der Waals surface area (Å²) in [5.74, 6) is 0.503. The number of nitrogens with one attached hydrogen (secondary N) is 1. The summed E-state index contributed by atoms with van der Waals surface area (Å²) in [6, 6.07) is 12.4. The Balaban J connectivity index is 1.62. The predicted octanol–water partition coefficient (Wildman–Crippen LogP) is 3.84. The number of carbonyl (C=O) groups excluding carboxylic acids is 1. The molecule has 0 spiro atoms. The Hall–Kier alpha value is -3.78. The van der Waals surface area contributed by atoms with Crippen LogP contribution in [0.15, 0.2) is 48.7 Å². The summed E-state index contributed by atoms with van der Waals surface area (Å²) < 4.78 is 21.3. The van der Waals surface area contributed by atoms with Crippen LogP contribution in [0.3, 0.4) is 0 Å². The molecule has 8 heteroatoms. The van der Waals surface area contributed by atoms with Gasteiger partial charge in [-0.25, -0.2) is 14.4 Å². The molecule has 0 aliphatic carbocycles. The second-order valence-corrected chi connectivity index (χ2v) is 8.39. The van der Waals surface area contributed by atoms with E-state index in [9.17, 15) is 9.18 Å². The van der Waals surface area contributed by atoms with Crippen LogP contribution in [0.5, 0.6) is 0 Å². The quantitative estimate of drug-likeness (QED) is 0.521. The SMILES string of the molecule is Cc1cnc(N2CCOCC2)c2nc(-c3ccc(F)cc3)c(-c3ccc4c(c3)CC(=O)N4)n12. The van der Waals surface area contributed by atoms with E-state index < -0.39 is 0 Å². The molecule has 33 heavy (non-hydrogen) atoms. The number of amides is 1. The van der Waals surface area contributed by atoms with Crippen LogP contribution in [0.25, 0.3) is 28.2 Å². The number of aryl methyl sites for hydroxylation is 1. The average Bonchev–Trinajstić information content (AvgIpc) is 3.40. The molecule has 4 heterocycles. The van der Waals surface area contributed by atoms with Gasteiger partial charge in [0.1, 0.15) is 5.82 Å². The smallest absolute Gasteiger partial charge is 0.228 e. The maximum absolute atomic E-state index is 13.7. The van der Waals surface area contributed by atoms with Gasteiger partial charge in [0.15, 0.2) is 11.5 Å². The topological polar surface area (TPSA) is 71.8 Å². The standard InChI is InChI=1S/C25H22FN5O2/c1-15-14-27-24(30-8-10-33-11-9-30)25-29-22(16-2-5-19(26)6-3-16)23(31(15)25)17-4-7-20-18(12-17)13-21(32)28-20/h2-7,12,14H,8-11,13H2,1H3,(H,28,32). The van der Waals surface area contributed by atoms with E-state index >= 15 is 0 Å². The van der Waals surface area contributed by atoms with Gasteiger partial charge in [0.05, 0.1) is 31.0 Å². The summed E-state index contributed by atoms with van der Waals surface area (Å²) in [7, 11) is 0. The maximum Gasteiger partial charge on any atom is 0.228 e. The molecule has 0 saturated carbocycles. The van der Waals surface area contributed by atoms with Crippen molar-refractivity contribution in [1.29, 1.82) is 0 Å². The molecule has 0 atom stereocenters. The van der Waals surface area contributed by atoms with Gasteiger partial charge in [-0.15, -0.1) is 0 Å². The minimum Gasteiger partial charge on any atom is -0.378 e. The summed E-state index contributed by atoms with van der Waals surface area (Å²) in [5, 5.41) is 2.89. The zero-order chi connectivity index (χ0) is 22.5. The fraction of sp³-hybridized carbons (Fsp3) is 0.240. The predicted molar refractivity (Wildman–Crippen MR) is 124 cm³/mol. The Labute approximate surface area is 189 Å². The molecular formula is C25H22FN5O2. The van der Waals surface area contributed by atoms with Crippen LogP contribution in [-0.4, -0.2) is 46.6 Å². The van der Waals surface area contributed by atoms with Gasteiger partial charge in [-0.2, -0.15) is 0 Å². The number of morpholine rings is 1. The lowest BCUT2D eigenvalue weighted by Crippen LogP contribution is -2.37. The zero-order valence-electron chi connectivity index (χ0n) is 18.1. The van der Waals surface area contributed by atoms with Crippen molar-refractivity contribution in [3.8, 4) is 22.5 Å². The van der Waals surface area contributed by atoms with Gasteiger partial charge in [-0.05, 0) is 48.9 Å². The molecule has 6 rings (SSSR count). The first kappa shape index (κ1) is 19.9. The molecule has 2 aliphatic rings. The van der Waals surface area contributed by atoms with E-state index in [0.717, 1.165) is 64.0 Å². The van der Waals surface area contributed by atoms with Crippen LogP contribution < -0.4 is 10.2 Å². The van der Waals surface area contributed by atoms with E-state index in [1.807, 2.05) is 31.3 Å². The average molecular weight is 443 g/mol. The third-order valence-electron chi connectivity index (χ3n) is 6.24. The molecule has 2 aromatic heterocycles. The van der Waals surface area contributed by atoms with Crippen molar-refractivity contribution in [3.05, 3.63) is 65.7 Å². The van der Waals surface area contributed by atoms with Crippen molar-refractivity contribution >= 4 is 23.1 Å². The third kappa shape index (κ3) is 3.34. The van der Waals surface area contributed by atoms with E-state index in [-0.39, 0.29) is 11.7 Å². The number of rotatable bonds is 3. The van der Waals surface area contributed by atoms with Crippen molar-refractivity contribution in [2.24, 2.45) is 0 Å². The third-order valence-corrected chi connectivity index (χ3v) is 6.24. The molecule has 4 aromatic rings. The van der Waals surface area contributed by atoms with Crippen molar-refractivity contribution in [3.63, 3.8) is 0 Å². The van der Waals surface area contributed by atoms with Crippen LogP contribution in [0.2, 0.25) is 0 Å². The van der Waals surface area contributed by atoms with Gasteiger partial charge in [-0.1, -0.05) is 6.07 Å². The van der Waals surface area contributed by atoms with Crippen LogP contribution >= 0.6 is 0 Å². The number of fused-ring (bicyclic) bond motifs is 2. The monoisotopic (exact) mass is 443 g/mol. The number of halogens is 1. The molecule has 1 amide bonds. The number of nitrogens with zero attached hydrogens (tertiary/aromatic N) is 4. The van der Waals surface area contributed by atoms with Gasteiger partial charge in [0, 0.05) is 41.8 Å². The minimum atomic E-state index is -0.293. The van der Waals surface area contributed by atoms with E-state index in [4.69, 9.17) is 14.7 Å². The van der Waals surface area contributed by atoms with E-state index in [1.54, 1.807) is 12.1 Å². The highest BCUT2D eigenvalue weighted by atomic mass is 19.1. The van der Waals surface area contributed by atoms with Crippen LogP contribution in [0.4, 0.5) is 15.9 Å². The summed E-state index contributed by atoms with van der Waals surface area (Å²) in [6.07, 6.45) is 2.21. The number of ether oxygens (including phenoxy) is 1. The first-order valence-corrected chi connectivity index (χ1v) is 11.0. The molecule has 2 aromatic carbocycles. The summed E-state index contributed by atoms with van der Waals surface area (Å²) in [4.78, 5) is 23.9. The van der Waals surface area contributed by atoms with Gasteiger partial charge < -0.3 is 15.0 Å². The first-order chi connectivity index (χ1) is 16.1. The van der Waals surface area contributed by atoms with E-state index in [1.165, 1.54) is 12.1 Å². The molecule has 1 fully saturated rings. The number of hydrogen-bond donors (Lipinski definition) is 1. The van der Waals surface area contributed by atoms with E-state index in [0.29, 0.717) is 19.6 Å². The lowest BCUT2D eigenvalue weighted by atomic mass is 10.0. The Morgan fingerprint density at radius 2 is 1.82 bits per heavy atom. The molecular weight excluding hydrogens is 421 g/mol. The molecule has 2 aliphatic heterocycles. The highest BCUT2D eigenvalue weighted by Crippen LogP contribution is 2.38. The van der Waals surface area contributed by atoms with Crippen LogP contribution in [0, 0.1) is 12.7 Å². The van der Waals surface area contributed by atoms with Crippen LogP contribution in [0.1, 0.15) is 11.3 Å². The minimum absolute atomic E-state index is 0.00552. The normalized spacial score (nSPS) is 15.7. The van der Waals surface area contributed by atoms with Gasteiger partial charge in [0.25, 0.3) is 0 Å². The van der Waals surface area contributed by atoms with E-state index in [2.05, 4.69) is 14.6 Å². The maximum atomic E-state index is 13.7. The number of imidazole rings is 1. The molecule has 0 unspecified atom stereocenters. The summed E-state index contributed by atoms with van der Waals surface area (Å²) in [5.41, 5.74) is 6.89. The number of anilines is 2. The van der Waals surface area contributed by atoms with Crippen LogP contribution in [-0.2, 0) is 16.0 Å². The highest BCUT2D eigenvalue weighted by molar-refractivity contribution is 6.00. The first-order valence-electron chi connectivity index (χ1n) is 11.0. The molecule has 0 bridgehead atoms. The molecule has 1 saturated heterocycles. The highest BCUT2D eigenvalue weighted by Gasteiger charge is 2.25. The molecule has 0 radical (unpaired) electrons. The van der Waals surface area contributed by atoms with Gasteiger partial charge in [0.2, 0.25) is 5.91 Å². The molecule has 166 valence electrons. The fourth-order valence-electron chi connectivity index (χ4n) is 4.63. The largest absolute Gasteiger partial charge is 0.378 e. The Bertz CT molecular complexity index is 1390. The number of benzene rings is 2. The summed E-state index contributed by atoms with van der Waals surface area (Å²) in [6.45, 7) is 4.78. The summed E-state index contributed by atoms with van der Waals surface area (Å²) >= 11 is 0. The second kappa shape index (κ2) is 7.67. The Kier molecular flexibility index (Phi) is 4.62. The van der Waals surface area contributed by atoms with Crippen molar-refractivity contribution in [2.45, 2.75) is 13.3 Å². The van der Waals surface area contributed by atoms with Crippen molar-refractivity contribution in [1.82, 2.24) is 14.4 Å². The van der Waals surface area contributed by atoms with Crippen molar-refractivity contribution in [2.75, 3.05) is 36.5 Å². The lowest BCUT2D eigenvalue weighted by molar-refractivity contribution is -0.115. The molecule has 7 nitrogen and oxygen atoms in total. The van der Waals surface area contributed by atoms with Gasteiger partial charge >= 0.3 is 0 Å². The molecule has 1 N–H and O–H groups in total. The zero-order valence-corrected chi connectivity index (χ0v) is 18.1. The number of aromatic nitrogens is 3. The number of carbonyl (C=O) groups is 1. The fourth-order valence-corrected chi connectivity index (χ4v) is 4.63. The number of hydrogen-bond acceptors (Lipinski definition) is 5. The van der Waals surface area contributed by atoms with Gasteiger partial charge in [-0.3, -0.25) is 9.20 Å². The van der Waals surface area contributed by atoms with Crippen molar-refractivity contribution < 1.29 is 13.9 Å². The second-order valence-electron chi connectivity index (χ2n) is 8.39.